The Labute approximate surface area is 151 Å². The number of piperazine rings is 1. The Morgan fingerprint density at radius 1 is 1.28 bits per heavy atom. The molecular weight excluding hydrogens is 372 g/mol. The number of sulfonamides is 1. The molecule has 5 nitrogen and oxygen atoms in total. The summed E-state index contributed by atoms with van der Waals surface area (Å²) in [5.41, 5.74) is 0.801. The second-order valence-corrected chi connectivity index (χ2v) is 7.51. The molecular formula is C16H18ClF2N3O2S. The average molecular weight is 390 g/mol. The van der Waals surface area contributed by atoms with Crippen LogP contribution in [0.3, 0.4) is 0 Å². The summed E-state index contributed by atoms with van der Waals surface area (Å²) in [6, 6.07) is 4.66. The summed E-state index contributed by atoms with van der Waals surface area (Å²) in [6.45, 7) is 2.45. The van der Waals surface area contributed by atoms with Gasteiger partial charge in [0.25, 0.3) is 0 Å². The van der Waals surface area contributed by atoms with Crippen LogP contribution in [0.15, 0.2) is 41.6 Å². The van der Waals surface area contributed by atoms with E-state index in [9.17, 15) is 17.2 Å². The van der Waals surface area contributed by atoms with Gasteiger partial charge in [-0.2, -0.15) is 4.31 Å². The molecule has 1 atom stereocenters. The van der Waals surface area contributed by atoms with Gasteiger partial charge in [0, 0.05) is 38.1 Å². The fraction of sp³-hybridized carbons (Fsp3) is 0.312. The number of hydrogen-bond donors (Lipinski definition) is 1. The molecule has 0 aliphatic carbocycles. The highest BCUT2D eigenvalue weighted by Gasteiger charge is 2.36. The van der Waals surface area contributed by atoms with Gasteiger partial charge in [-0.05, 0) is 30.2 Å². The minimum Gasteiger partial charge on any atom is -0.313 e. The van der Waals surface area contributed by atoms with Gasteiger partial charge in [-0.25, -0.2) is 17.2 Å². The maximum Gasteiger partial charge on any atom is 0.246 e. The predicted molar refractivity (Wildman–Crippen MR) is 92.1 cm³/mol. The fourth-order valence-electron chi connectivity index (χ4n) is 2.79. The first-order valence-electron chi connectivity index (χ1n) is 7.49. The molecule has 1 saturated heterocycles. The maximum atomic E-state index is 14.1. The number of rotatable bonds is 3. The zero-order valence-electron chi connectivity index (χ0n) is 13.4. The lowest BCUT2D eigenvalue weighted by Gasteiger charge is -2.35. The van der Waals surface area contributed by atoms with E-state index in [1.165, 1.54) is 11.2 Å². The van der Waals surface area contributed by atoms with Gasteiger partial charge < -0.3 is 5.32 Å². The highest BCUT2D eigenvalue weighted by molar-refractivity contribution is 7.89. The number of aryl methyl sites for hydroxylation is 1. The minimum atomic E-state index is -4.11. The Hall–Kier alpha value is -1.61. The molecule has 0 bridgehead atoms. The normalized spacial score (nSPS) is 18.6. The van der Waals surface area contributed by atoms with Crippen LogP contribution in [0.25, 0.3) is 0 Å². The molecule has 1 aromatic carbocycles. The molecule has 1 N–H and O–H groups in total. The number of benzene rings is 1. The van der Waals surface area contributed by atoms with Gasteiger partial charge in [-0.15, -0.1) is 12.4 Å². The molecule has 3 rings (SSSR count). The zero-order chi connectivity index (χ0) is 17.3. The minimum absolute atomic E-state index is 0. The van der Waals surface area contributed by atoms with Crippen molar-refractivity contribution >= 4 is 22.4 Å². The van der Waals surface area contributed by atoms with Gasteiger partial charge in [0.05, 0.1) is 6.04 Å². The molecule has 25 heavy (non-hydrogen) atoms. The van der Waals surface area contributed by atoms with Gasteiger partial charge in [0.1, 0.15) is 16.5 Å². The molecule has 9 heteroatoms. The SMILES string of the molecule is Cc1cc(S(=O)(=O)N2CCNCC2c2cccnc2)c(F)cc1F.Cl. The lowest BCUT2D eigenvalue weighted by Crippen LogP contribution is -2.48. The molecule has 1 aliphatic heterocycles. The summed E-state index contributed by atoms with van der Waals surface area (Å²) < 4.78 is 54.8. The van der Waals surface area contributed by atoms with Crippen LogP contribution in [-0.4, -0.2) is 37.3 Å². The van der Waals surface area contributed by atoms with Crippen molar-refractivity contribution in [1.82, 2.24) is 14.6 Å². The Bertz CT molecular complexity index is 850. The fourth-order valence-corrected chi connectivity index (χ4v) is 4.53. The van der Waals surface area contributed by atoms with Crippen LogP contribution in [0.5, 0.6) is 0 Å². The van der Waals surface area contributed by atoms with Crippen molar-refractivity contribution in [1.29, 1.82) is 0 Å². The van der Waals surface area contributed by atoms with E-state index in [2.05, 4.69) is 10.3 Å². The molecule has 1 fully saturated rings. The van der Waals surface area contributed by atoms with E-state index < -0.39 is 32.6 Å². The van der Waals surface area contributed by atoms with E-state index in [0.29, 0.717) is 24.7 Å². The topological polar surface area (TPSA) is 62.3 Å². The Kier molecular flexibility index (Phi) is 6.10. The molecule has 0 spiro atoms. The van der Waals surface area contributed by atoms with Crippen LogP contribution in [0.1, 0.15) is 17.2 Å². The van der Waals surface area contributed by atoms with Gasteiger partial charge in [0.2, 0.25) is 10.0 Å². The second-order valence-electron chi connectivity index (χ2n) is 5.65. The van der Waals surface area contributed by atoms with Crippen LogP contribution in [0.2, 0.25) is 0 Å². The van der Waals surface area contributed by atoms with E-state index in [-0.39, 0.29) is 24.5 Å². The first-order valence-corrected chi connectivity index (χ1v) is 8.93. The van der Waals surface area contributed by atoms with Crippen LogP contribution < -0.4 is 5.32 Å². The van der Waals surface area contributed by atoms with Gasteiger partial charge in [-0.1, -0.05) is 6.07 Å². The number of nitrogens with one attached hydrogen (secondary N) is 1. The van der Waals surface area contributed by atoms with Crippen LogP contribution in [0.4, 0.5) is 8.78 Å². The molecule has 0 saturated carbocycles. The number of halogens is 3. The summed E-state index contributed by atoms with van der Waals surface area (Å²) in [7, 11) is -4.11. The summed E-state index contributed by atoms with van der Waals surface area (Å²) in [4.78, 5) is 3.52. The molecule has 1 unspecified atom stereocenters. The monoisotopic (exact) mass is 389 g/mol. The maximum absolute atomic E-state index is 14.1. The molecule has 1 aromatic heterocycles. The Morgan fingerprint density at radius 2 is 2.04 bits per heavy atom. The third-order valence-electron chi connectivity index (χ3n) is 4.06. The number of aromatic nitrogens is 1. The highest BCUT2D eigenvalue weighted by Crippen LogP contribution is 2.30. The van der Waals surface area contributed by atoms with Crippen LogP contribution in [-0.2, 0) is 10.0 Å². The van der Waals surface area contributed by atoms with E-state index in [0.717, 1.165) is 6.07 Å². The third-order valence-corrected chi connectivity index (χ3v) is 5.99. The Morgan fingerprint density at radius 3 is 2.72 bits per heavy atom. The van der Waals surface area contributed by atoms with Crippen molar-refractivity contribution in [2.75, 3.05) is 19.6 Å². The number of hydrogen-bond acceptors (Lipinski definition) is 4. The van der Waals surface area contributed by atoms with Crippen molar-refractivity contribution in [2.24, 2.45) is 0 Å². The molecule has 0 amide bonds. The highest BCUT2D eigenvalue weighted by atomic mass is 35.5. The summed E-state index contributed by atoms with van der Waals surface area (Å²) in [6.07, 6.45) is 3.19. The van der Waals surface area contributed by atoms with Crippen LogP contribution >= 0.6 is 12.4 Å². The predicted octanol–water partition coefficient (Wildman–Crippen LogP) is 2.43. The summed E-state index contributed by atoms with van der Waals surface area (Å²) in [5, 5.41) is 3.13. The van der Waals surface area contributed by atoms with Crippen molar-refractivity contribution in [3.05, 3.63) is 59.4 Å². The van der Waals surface area contributed by atoms with Crippen molar-refractivity contribution in [3.63, 3.8) is 0 Å². The standard InChI is InChI=1S/C16H17F2N3O2S.ClH/c1-11-7-16(14(18)8-13(11)17)24(22,23)21-6-5-20-10-15(21)12-3-2-4-19-9-12;/h2-4,7-9,15,20H,5-6,10H2,1H3;1H. The molecule has 136 valence electrons. The third kappa shape index (κ3) is 3.82. The lowest BCUT2D eigenvalue weighted by molar-refractivity contribution is 0.270. The quantitative estimate of drug-likeness (QED) is 0.875. The number of nitrogens with zero attached hydrogens (tertiary/aromatic N) is 2. The number of pyridine rings is 1. The van der Waals surface area contributed by atoms with Gasteiger partial charge >= 0.3 is 0 Å². The van der Waals surface area contributed by atoms with Crippen molar-refractivity contribution < 1.29 is 17.2 Å². The van der Waals surface area contributed by atoms with Gasteiger partial charge in [0.15, 0.2) is 0 Å². The van der Waals surface area contributed by atoms with E-state index in [1.54, 1.807) is 24.5 Å². The van der Waals surface area contributed by atoms with Gasteiger partial charge in [-0.3, -0.25) is 4.98 Å². The zero-order valence-corrected chi connectivity index (χ0v) is 15.1. The van der Waals surface area contributed by atoms with Crippen molar-refractivity contribution in [3.8, 4) is 0 Å². The van der Waals surface area contributed by atoms with E-state index in [4.69, 9.17) is 0 Å². The second kappa shape index (κ2) is 7.74. The first-order chi connectivity index (χ1) is 11.4. The molecule has 0 radical (unpaired) electrons. The van der Waals surface area contributed by atoms with Crippen molar-refractivity contribution in [2.45, 2.75) is 17.9 Å². The largest absolute Gasteiger partial charge is 0.313 e. The Balaban J connectivity index is 0.00000225. The van der Waals surface area contributed by atoms with E-state index >= 15 is 0 Å². The lowest BCUT2D eigenvalue weighted by atomic mass is 10.1. The smallest absolute Gasteiger partial charge is 0.246 e. The van der Waals surface area contributed by atoms with E-state index in [1.807, 2.05) is 0 Å². The molecule has 2 aromatic rings. The first kappa shape index (κ1) is 19.7. The summed E-state index contributed by atoms with van der Waals surface area (Å²) in [5.74, 6) is -1.85. The molecule has 2 heterocycles. The summed E-state index contributed by atoms with van der Waals surface area (Å²) >= 11 is 0. The molecule has 1 aliphatic rings. The van der Waals surface area contributed by atoms with Crippen LogP contribution in [0, 0.1) is 18.6 Å². The average Bonchev–Trinajstić information content (AvgIpc) is 2.59.